The molecule has 5 N–H and O–H groups in total. The minimum Gasteiger partial charge on any atom is -0.492 e. The number of benzene rings is 2. The molecule has 6 heteroatoms. The fourth-order valence-corrected chi connectivity index (χ4v) is 2.55. The Kier molecular flexibility index (Phi) is 3.52. The van der Waals surface area contributed by atoms with Crippen LogP contribution in [0.1, 0.15) is 18.1 Å². The Hall–Kier alpha value is -2.89. The maximum Gasteiger partial charge on any atom is 0.317 e. The summed E-state index contributed by atoms with van der Waals surface area (Å²) >= 11 is 0. The predicted octanol–water partition coefficient (Wildman–Crippen LogP) is 2.16. The number of hydrogen-bond donors (Lipinski definition) is 3. The van der Waals surface area contributed by atoms with E-state index < -0.39 is 11.4 Å². The molecule has 1 unspecified atom stereocenters. The number of ether oxygens (including phenoxy) is 2. The van der Waals surface area contributed by atoms with E-state index in [0.717, 1.165) is 5.56 Å². The highest BCUT2D eigenvalue weighted by Gasteiger charge is 2.43. The smallest absolute Gasteiger partial charge is 0.317 e. The van der Waals surface area contributed by atoms with Gasteiger partial charge in [-0.2, -0.15) is 0 Å². The van der Waals surface area contributed by atoms with Crippen LogP contribution < -0.4 is 20.9 Å². The summed E-state index contributed by atoms with van der Waals surface area (Å²) in [6.07, 6.45) is 0. The molecule has 1 aliphatic heterocycles. The minimum atomic E-state index is -1.02. The molecule has 0 aromatic heterocycles. The van der Waals surface area contributed by atoms with E-state index in [1.54, 1.807) is 37.3 Å². The maximum absolute atomic E-state index is 11.4. The molecule has 0 spiro atoms. The van der Waals surface area contributed by atoms with E-state index in [1.165, 1.54) is 0 Å². The lowest BCUT2D eigenvalue weighted by Gasteiger charge is -2.16. The van der Waals surface area contributed by atoms with Gasteiger partial charge in [0.25, 0.3) is 0 Å². The first-order chi connectivity index (χ1) is 10.9. The quantitative estimate of drug-likeness (QED) is 0.746. The summed E-state index contributed by atoms with van der Waals surface area (Å²) in [5.41, 5.74) is 13.2. The second kappa shape index (κ2) is 5.39. The number of nitrogen functional groups attached to an aromatic ring is 2. The number of carboxylic acids is 1. The first-order valence-electron chi connectivity index (χ1n) is 7.17. The Bertz CT molecular complexity index is 775. The molecule has 1 atom stereocenters. The zero-order valence-electron chi connectivity index (χ0n) is 12.7. The highest BCUT2D eigenvalue weighted by molar-refractivity contribution is 5.83. The molecule has 2 aromatic carbocycles. The highest BCUT2D eigenvalue weighted by Crippen LogP contribution is 2.41. The molecule has 120 valence electrons. The van der Waals surface area contributed by atoms with Crippen LogP contribution >= 0.6 is 0 Å². The number of carbonyl (C=O) groups is 1. The molecule has 0 fully saturated rings. The van der Waals surface area contributed by atoms with Gasteiger partial charge in [0.05, 0.1) is 0 Å². The van der Waals surface area contributed by atoms with E-state index in [2.05, 4.69) is 0 Å². The Morgan fingerprint density at radius 2 is 2.09 bits per heavy atom. The molecule has 0 aliphatic carbocycles. The van der Waals surface area contributed by atoms with E-state index in [0.29, 0.717) is 35.0 Å². The van der Waals surface area contributed by atoms with E-state index in [4.69, 9.17) is 20.9 Å². The van der Waals surface area contributed by atoms with Crippen LogP contribution in [0.2, 0.25) is 0 Å². The maximum atomic E-state index is 11.4. The highest BCUT2D eigenvalue weighted by atomic mass is 16.5. The monoisotopic (exact) mass is 314 g/mol. The second-order valence-corrected chi connectivity index (χ2v) is 5.83. The Morgan fingerprint density at radius 3 is 2.78 bits per heavy atom. The lowest BCUT2D eigenvalue weighted by atomic mass is 9.85. The Balaban J connectivity index is 1.77. The van der Waals surface area contributed by atoms with Crippen LogP contribution in [-0.2, 0) is 16.8 Å². The fourth-order valence-electron chi connectivity index (χ4n) is 2.55. The van der Waals surface area contributed by atoms with E-state index in [1.807, 2.05) is 6.07 Å². The van der Waals surface area contributed by atoms with Crippen LogP contribution in [0.25, 0.3) is 0 Å². The average Bonchev–Trinajstić information content (AvgIpc) is 2.85. The standard InChI is InChI=1S/C17H18N2O4/c1-17(16(20)21)9-23-15-7-12(4-5-13(15)17)22-8-10-2-3-11(18)6-14(10)19/h2-7H,8-9,18-19H2,1H3,(H,20,21). The first-order valence-corrected chi connectivity index (χ1v) is 7.17. The number of nitrogens with two attached hydrogens (primary N) is 2. The van der Waals surface area contributed by atoms with Crippen molar-refractivity contribution in [1.29, 1.82) is 0 Å². The van der Waals surface area contributed by atoms with E-state index in [-0.39, 0.29) is 6.61 Å². The summed E-state index contributed by atoms with van der Waals surface area (Å²) in [4.78, 5) is 11.4. The molecule has 1 aliphatic rings. The van der Waals surface area contributed by atoms with Crippen molar-refractivity contribution in [3.05, 3.63) is 47.5 Å². The van der Waals surface area contributed by atoms with Crippen molar-refractivity contribution >= 4 is 17.3 Å². The molecule has 23 heavy (non-hydrogen) atoms. The van der Waals surface area contributed by atoms with Gasteiger partial charge >= 0.3 is 5.97 Å². The van der Waals surface area contributed by atoms with Crippen molar-refractivity contribution in [3.63, 3.8) is 0 Å². The van der Waals surface area contributed by atoms with Gasteiger partial charge in [-0.15, -0.1) is 0 Å². The van der Waals surface area contributed by atoms with Crippen LogP contribution in [0.3, 0.4) is 0 Å². The molecule has 0 bridgehead atoms. The lowest BCUT2D eigenvalue weighted by molar-refractivity contribution is -0.143. The predicted molar refractivity (Wildman–Crippen MR) is 86.5 cm³/mol. The molecule has 0 amide bonds. The number of carboxylic acid groups (broad SMARTS) is 1. The summed E-state index contributed by atoms with van der Waals surface area (Å²) in [6.45, 7) is 2.06. The molecular weight excluding hydrogens is 296 g/mol. The van der Waals surface area contributed by atoms with E-state index >= 15 is 0 Å². The third kappa shape index (κ3) is 2.63. The summed E-state index contributed by atoms with van der Waals surface area (Å²) in [7, 11) is 0. The number of rotatable bonds is 4. The SMILES string of the molecule is CC1(C(=O)O)COc2cc(OCc3ccc(N)cc3N)ccc21. The molecule has 1 heterocycles. The van der Waals surface area contributed by atoms with E-state index in [9.17, 15) is 9.90 Å². The van der Waals surface area contributed by atoms with Crippen LogP contribution in [0.5, 0.6) is 11.5 Å². The molecule has 3 rings (SSSR count). The van der Waals surface area contributed by atoms with Crippen LogP contribution in [0.15, 0.2) is 36.4 Å². The molecule has 0 saturated carbocycles. The van der Waals surface area contributed by atoms with Gasteiger partial charge in [0.1, 0.15) is 30.1 Å². The second-order valence-electron chi connectivity index (χ2n) is 5.83. The number of hydrogen-bond acceptors (Lipinski definition) is 5. The summed E-state index contributed by atoms with van der Waals surface area (Å²) in [5, 5.41) is 9.36. The summed E-state index contributed by atoms with van der Waals surface area (Å²) < 4.78 is 11.2. The number of aliphatic carboxylic acids is 1. The van der Waals surface area contributed by atoms with Crippen molar-refractivity contribution < 1.29 is 19.4 Å². The van der Waals surface area contributed by atoms with Gasteiger partial charge in [0.2, 0.25) is 0 Å². The van der Waals surface area contributed by atoms with Crippen molar-refractivity contribution in [2.24, 2.45) is 0 Å². The van der Waals surface area contributed by atoms with Crippen molar-refractivity contribution in [2.45, 2.75) is 18.9 Å². The van der Waals surface area contributed by atoms with Gasteiger partial charge in [-0.1, -0.05) is 12.1 Å². The lowest BCUT2D eigenvalue weighted by Crippen LogP contribution is -2.33. The molecule has 0 saturated heterocycles. The van der Waals surface area contributed by atoms with Crippen LogP contribution in [0, 0.1) is 0 Å². The minimum absolute atomic E-state index is 0.117. The third-order valence-corrected chi connectivity index (χ3v) is 4.10. The largest absolute Gasteiger partial charge is 0.492 e. The van der Waals surface area contributed by atoms with Gasteiger partial charge < -0.3 is 26.0 Å². The molecular formula is C17H18N2O4. The Morgan fingerprint density at radius 1 is 1.30 bits per heavy atom. The zero-order valence-corrected chi connectivity index (χ0v) is 12.7. The topological polar surface area (TPSA) is 108 Å². The van der Waals surface area contributed by atoms with Crippen molar-refractivity contribution in [3.8, 4) is 11.5 Å². The summed E-state index contributed by atoms with van der Waals surface area (Å²) in [5.74, 6) is 0.229. The molecule has 0 radical (unpaired) electrons. The zero-order chi connectivity index (χ0) is 16.6. The van der Waals surface area contributed by atoms with Crippen LogP contribution in [-0.4, -0.2) is 17.7 Å². The number of fused-ring (bicyclic) bond motifs is 1. The van der Waals surface area contributed by atoms with Crippen molar-refractivity contribution in [2.75, 3.05) is 18.1 Å². The van der Waals surface area contributed by atoms with Gasteiger partial charge in [0.15, 0.2) is 0 Å². The Labute approximate surface area is 133 Å². The van der Waals surface area contributed by atoms with Crippen molar-refractivity contribution in [1.82, 2.24) is 0 Å². The van der Waals surface area contributed by atoms with Gasteiger partial charge in [-0.3, -0.25) is 4.79 Å². The third-order valence-electron chi connectivity index (χ3n) is 4.10. The normalized spacial score (nSPS) is 19.0. The average molecular weight is 314 g/mol. The summed E-state index contributed by atoms with van der Waals surface area (Å²) in [6, 6.07) is 10.4. The number of anilines is 2. The fraction of sp³-hybridized carbons (Fsp3) is 0.235. The molecule has 6 nitrogen and oxygen atoms in total. The first kappa shape index (κ1) is 15.0. The van der Waals surface area contributed by atoms with Gasteiger partial charge in [-0.05, 0) is 25.1 Å². The van der Waals surface area contributed by atoms with Gasteiger partial charge in [0, 0.05) is 28.6 Å². The van der Waals surface area contributed by atoms with Gasteiger partial charge in [-0.25, -0.2) is 0 Å². The van der Waals surface area contributed by atoms with Crippen LogP contribution in [0.4, 0.5) is 11.4 Å². The molecule has 2 aromatic rings.